The van der Waals surface area contributed by atoms with Gasteiger partial charge < -0.3 is 24.6 Å². The van der Waals surface area contributed by atoms with Gasteiger partial charge in [0.25, 0.3) is 0 Å². The summed E-state index contributed by atoms with van der Waals surface area (Å²) in [5, 5.41) is 3.68. The van der Waals surface area contributed by atoms with Crippen molar-refractivity contribution in [3.05, 3.63) is 29.5 Å². The Bertz CT molecular complexity index is 1090. The number of anilines is 3. The highest BCUT2D eigenvalue weighted by molar-refractivity contribution is 7.84. The van der Waals surface area contributed by atoms with Gasteiger partial charge >= 0.3 is 6.09 Å². The summed E-state index contributed by atoms with van der Waals surface area (Å²) in [6.45, 7) is 8.09. The Labute approximate surface area is 207 Å². The zero-order valence-electron chi connectivity index (χ0n) is 19.8. The lowest BCUT2D eigenvalue weighted by Crippen LogP contribution is -2.50. The monoisotopic (exact) mass is 507 g/mol. The van der Waals surface area contributed by atoms with E-state index in [1.165, 1.54) is 6.33 Å². The van der Waals surface area contributed by atoms with Crippen LogP contribution < -0.4 is 15.0 Å². The van der Waals surface area contributed by atoms with Crippen molar-refractivity contribution in [1.82, 2.24) is 14.9 Å². The van der Waals surface area contributed by atoms with Crippen LogP contribution in [0.3, 0.4) is 0 Å². The van der Waals surface area contributed by atoms with Crippen LogP contribution in [0.1, 0.15) is 33.6 Å². The quantitative estimate of drug-likeness (QED) is 0.657. The number of hydrogen-bond donors (Lipinski definition) is 1. The molecule has 3 heterocycles. The van der Waals surface area contributed by atoms with E-state index in [0.29, 0.717) is 53.4 Å². The van der Waals surface area contributed by atoms with Crippen molar-refractivity contribution in [2.75, 3.05) is 42.7 Å². The van der Waals surface area contributed by atoms with Crippen LogP contribution in [-0.4, -0.2) is 69.3 Å². The Hall–Kier alpha value is -2.59. The van der Waals surface area contributed by atoms with Crippen molar-refractivity contribution in [3.63, 3.8) is 0 Å². The van der Waals surface area contributed by atoms with Crippen molar-refractivity contribution in [2.24, 2.45) is 0 Å². The number of hydrogen-bond acceptors (Lipinski definition) is 8. The summed E-state index contributed by atoms with van der Waals surface area (Å²) < 4.78 is 23.2. The van der Waals surface area contributed by atoms with Crippen molar-refractivity contribution >= 4 is 45.8 Å². The molecule has 11 heteroatoms. The normalized spacial score (nSPS) is 17.6. The number of ether oxygens (including phenoxy) is 2. The Morgan fingerprint density at radius 3 is 2.62 bits per heavy atom. The predicted octanol–water partition coefficient (Wildman–Crippen LogP) is 4.21. The largest absolute Gasteiger partial charge is 0.485 e. The number of nitrogens with one attached hydrogen (secondary N) is 1. The molecule has 2 aromatic rings. The molecular weight excluding hydrogens is 478 g/mol. The first-order valence-electron chi connectivity index (χ1n) is 11.2. The van der Waals surface area contributed by atoms with E-state index >= 15 is 0 Å². The van der Waals surface area contributed by atoms with Gasteiger partial charge in [-0.25, -0.2) is 14.8 Å². The number of rotatable bonds is 4. The average Bonchev–Trinajstić information content (AvgIpc) is 2.79. The van der Waals surface area contributed by atoms with Gasteiger partial charge in [0.2, 0.25) is 5.75 Å². The number of carbonyl (C=O) groups excluding carboxylic acids is 1. The molecule has 0 bridgehead atoms. The summed E-state index contributed by atoms with van der Waals surface area (Å²) in [6.07, 6.45) is 4.47. The molecule has 2 aliphatic rings. The molecule has 2 aliphatic heterocycles. The fourth-order valence-electron chi connectivity index (χ4n) is 4.09. The van der Waals surface area contributed by atoms with E-state index in [2.05, 4.69) is 20.2 Å². The summed E-state index contributed by atoms with van der Waals surface area (Å²) in [5.41, 5.74) is 0.136. The SMILES string of the molecule is CS(=O)c1ccc(Nc2ncnc3c2OCCN3C2CCN(C(=O)OC(C)(C)C)CC2)c(Cl)c1. The van der Waals surface area contributed by atoms with Crippen LogP contribution in [0.15, 0.2) is 29.4 Å². The lowest BCUT2D eigenvalue weighted by atomic mass is 10.0. The van der Waals surface area contributed by atoms with Crippen LogP contribution in [0, 0.1) is 0 Å². The number of fused-ring (bicyclic) bond motifs is 1. The standard InChI is InChI=1S/C23H30ClN5O4S/c1-23(2,3)33-22(30)28-9-7-15(8-10-28)29-11-12-32-19-20(25-14-26-21(19)29)27-18-6-5-16(34(4)31)13-17(18)24/h5-6,13-15H,7-12H2,1-4H3,(H,25,26,27). The molecule has 0 radical (unpaired) electrons. The second-order valence-corrected chi connectivity index (χ2v) is 11.1. The number of benzene rings is 1. The maximum atomic E-state index is 12.4. The highest BCUT2D eigenvalue weighted by atomic mass is 35.5. The van der Waals surface area contributed by atoms with Gasteiger partial charge in [0.05, 0.1) is 17.3 Å². The van der Waals surface area contributed by atoms with Gasteiger partial charge in [0.1, 0.15) is 18.5 Å². The molecule has 1 aromatic carbocycles. The zero-order valence-corrected chi connectivity index (χ0v) is 21.4. The Morgan fingerprint density at radius 2 is 1.97 bits per heavy atom. The van der Waals surface area contributed by atoms with E-state index in [9.17, 15) is 9.00 Å². The first-order valence-corrected chi connectivity index (χ1v) is 13.2. The second-order valence-electron chi connectivity index (χ2n) is 9.34. The Balaban J connectivity index is 1.48. The number of likely N-dealkylation sites (tertiary alicyclic amines) is 1. The van der Waals surface area contributed by atoms with Gasteiger partial charge in [0.15, 0.2) is 11.6 Å². The number of halogens is 1. The van der Waals surface area contributed by atoms with Crippen molar-refractivity contribution < 1.29 is 18.5 Å². The number of carbonyl (C=O) groups is 1. The maximum absolute atomic E-state index is 12.4. The van der Waals surface area contributed by atoms with Crippen molar-refractivity contribution in [1.29, 1.82) is 0 Å². The smallest absolute Gasteiger partial charge is 0.410 e. The maximum Gasteiger partial charge on any atom is 0.410 e. The third-order valence-electron chi connectivity index (χ3n) is 5.72. The third-order valence-corrected chi connectivity index (χ3v) is 6.95. The number of nitrogens with zero attached hydrogens (tertiary/aromatic N) is 4. The first-order chi connectivity index (χ1) is 16.1. The molecule has 34 heavy (non-hydrogen) atoms. The van der Waals surface area contributed by atoms with Gasteiger partial charge in [-0.3, -0.25) is 4.21 Å². The second kappa shape index (κ2) is 9.95. The fourth-order valence-corrected chi connectivity index (χ4v) is 4.92. The Morgan fingerprint density at radius 1 is 1.24 bits per heavy atom. The van der Waals surface area contributed by atoms with Crippen molar-refractivity contribution in [2.45, 2.75) is 50.2 Å². The number of piperidine rings is 1. The number of amides is 1. The lowest BCUT2D eigenvalue weighted by Gasteiger charge is -2.41. The minimum atomic E-state index is -1.12. The van der Waals surface area contributed by atoms with Crippen LogP contribution in [0.2, 0.25) is 5.02 Å². The van der Waals surface area contributed by atoms with E-state index in [1.807, 2.05) is 20.8 Å². The average molecular weight is 508 g/mol. The van der Waals surface area contributed by atoms with Gasteiger partial charge in [-0.1, -0.05) is 11.6 Å². The van der Waals surface area contributed by atoms with Gasteiger partial charge in [-0.15, -0.1) is 0 Å². The van der Waals surface area contributed by atoms with Crippen LogP contribution in [0.25, 0.3) is 0 Å². The van der Waals surface area contributed by atoms with Crippen LogP contribution >= 0.6 is 11.6 Å². The van der Waals surface area contributed by atoms with E-state index < -0.39 is 16.4 Å². The molecule has 1 amide bonds. The topological polar surface area (TPSA) is 96.9 Å². The minimum absolute atomic E-state index is 0.228. The minimum Gasteiger partial charge on any atom is -0.485 e. The van der Waals surface area contributed by atoms with Crippen molar-refractivity contribution in [3.8, 4) is 5.75 Å². The van der Waals surface area contributed by atoms with E-state index in [4.69, 9.17) is 21.1 Å². The highest BCUT2D eigenvalue weighted by Crippen LogP contribution is 2.39. The van der Waals surface area contributed by atoms with E-state index in [0.717, 1.165) is 18.7 Å². The van der Waals surface area contributed by atoms with Crippen LogP contribution in [0.4, 0.5) is 22.1 Å². The van der Waals surface area contributed by atoms with E-state index in [1.54, 1.807) is 29.4 Å². The molecule has 0 aliphatic carbocycles. The molecular formula is C23H30ClN5O4S. The molecule has 9 nitrogen and oxygen atoms in total. The molecule has 1 N–H and O–H groups in total. The van der Waals surface area contributed by atoms with Crippen LogP contribution in [-0.2, 0) is 15.5 Å². The Kier molecular flexibility index (Phi) is 7.18. The highest BCUT2D eigenvalue weighted by Gasteiger charge is 2.33. The van der Waals surface area contributed by atoms with E-state index in [-0.39, 0.29) is 12.1 Å². The fraction of sp³-hybridized carbons (Fsp3) is 0.522. The van der Waals surface area contributed by atoms with Gasteiger partial charge in [-0.2, -0.15) is 0 Å². The lowest BCUT2D eigenvalue weighted by molar-refractivity contribution is 0.0203. The van der Waals surface area contributed by atoms with Gasteiger partial charge in [-0.05, 0) is 51.8 Å². The summed E-state index contributed by atoms with van der Waals surface area (Å²) in [5.74, 6) is 1.82. The molecule has 184 valence electrons. The molecule has 1 aromatic heterocycles. The zero-order chi connectivity index (χ0) is 24.5. The summed E-state index contributed by atoms with van der Waals surface area (Å²) in [4.78, 5) is 26.0. The molecule has 0 saturated carbocycles. The molecule has 0 spiro atoms. The molecule has 1 fully saturated rings. The molecule has 1 saturated heterocycles. The summed E-state index contributed by atoms with van der Waals surface area (Å²) in [7, 11) is -1.12. The van der Waals surface area contributed by atoms with Crippen LogP contribution in [0.5, 0.6) is 5.75 Å². The third kappa shape index (κ3) is 5.55. The summed E-state index contributed by atoms with van der Waals surface area (Å²) in [6, 6.07) is 5.45. The molecule has 1 unspecified atom stereocenters. The van der Waals surface area contributed by atoms with Gasteiger partial charge in [0, 0.05) is 41.1 Å². The summed E-state index contributed by atoms with van der Waals surface area (Å²) >= 11 is 6.40. The first kappa shape index (κ1) is 24.5. The number of aromatic nitrogens is 2. The molecule has 4 rings (SSSR count). The predicted molar refractivity (Wildman–Crippen MR) is 133 cm³/mol. The molecule has 1 atom stereocenters.